The summed E-state index contributed by atoms with van der Waals surface area (Å²) in [4.78, 5) is 27.2. The van der Waals surface area contributed by atoms with Crippen molar-refractivity contribution >= 4 is 22.8 Å². The highest BCUT2D eigenvalue weighted by atomic mass is 32.2. The van der Waals surface area contributed by atoms with E-state index in [0.29, 0.717) is 6.42 Å². The molecule has 1 atom stereocenters. The van der Waals surface area contributed by atoms with E-state index in [4.69, 9.17) is 9.47 Å². The number of phenolic OH excluding ortho intramolecular Hbond substituents is 2. The Hall–Kier alpha value is -2.67. The minimum Gasteiger partial charge on any atom is -0.504 e. The quantitative estimate of drug-likeness (QED) is 0.310. The fraction of sp³-hybridized carbons (Fsp3) is 0.462. The molecule has 1 unspecified atom stereocenters. The van der Waals surface area contributed by atoms with E-state index in [2.05, 4.69) is 0 Å². The molecule has 2 aromatic carbocycles. The van der Waals surface area contributed by atoms with Gasteiger partial charge in [0.1, 0.15) is 11.5 Å². The van der Waals surface area contributed by atoms with Crippen LogP contribution in [0, 0.1) is 10.8 Å². The van der Waals surface area contributed by atoms with Gasteiger partial charge in [-0.15, -0.1) is 0 Å². The van der Waals surface area contributed by atoms with Gasteiger partial charge in [-0.05, 0) is 70.7 Å². The van der Waals surface area contributed by atoms with Crippen molar-refractivity contribution in [3.63, 3.8) is 0 Å². The minimum atomic E-state index is -1.03. The summed E-state index contributed by atoms with van der Waals surface area (Å²) >= 11 is 0. The summed E-state index contributed by atoms with van der Waals surface area (Å²) in [6, 6.07) is 11.5. The van der Waals surface area contributed by atoms with E-state index in [-0.39, 0.29) is 40.3 Å². The summed E-state index contributed by atoms with van der Waals surface area (Å²) in [7, 11) is 0.126. The molecule has 178 valence electrons. The first-order valence-corrected chi connectivity index (χ1v) is 12.8. The van der Waals surface area contributed by atoms with Crippen LogP contribution in [0.25, 0.3) is 0 Å². The number of ether oxygens (including phenoxy) is 2. The molecule has 1 aliphatic heterocycles. The maximum atomic E-state index is 13.1. The predicted octanol–water partition coefficient (Wildman–Crippen LogP) is 5.21. The van der Waals surface area contributed by atoms with Crippen LogP contribution in [0.5, 0.6) is 23.0 Å². The van der Waals surface area contributed by atoms with Gasteiger partial charge in [-0.1, -0.05) is 19.1 Å². The van der Waals surface area contributed by atoms with Gasteiger partial charge in [0.05, 0.1) is 10.8 Å². The van der Waals surface area contributed by atoms with Crippen LogP contribution in [0.1, 0.15) is 53.4 Å². The van der Waals surface area contributed by atoms with Crippen molar-refractivity contribution in [1.82, 2.24) is 0 Å². The van der Waals surface area contributed by atoms with E-state index in [1.165, 1.54) is 25.0 Å². The van der Waals surface area contributed by atoms with Crippen molar-refractivity contribution in [3.05, 3.63) is 42.5 Å². The maximum Gasteiger partial charge on any atom is 0.317 e. The molecular formula is C26H33O6S+. The van der Waals surface area contributed by atoms with E-state index in [9.17, 15) is 19.8 Å². The third kappa shape index (κ3) is 5.82. The fourth-order valence-electron chi connectivity index (χ4n) is 4.04. The van der Waals surface area contributed by atoms with Crippen molar-refractivity contribution in [2.45, 2.75) is 58.3 Å². The number of hydrogen-bond acceptors (Lipinski definition) is 6. The summed E-state index contributed by atoms with van der Waals surface area (Å²) in [6.07, 6.45) is 2.99. The van der Waals surface area contributed by atoms with E-state index in [0.717, 1.165) is 16.4 Å². The van der Waals surface area contributed by atoms with Crippen molar-refractivity contribution < 1.29 is 29.3 Å². The summed E-state index contributed by atoms with van der Waals surface area (Å²) in [5, 5.41) is 20.2. The van der Waals surface area contributed by atoms with E-state index >= 15 is 0 Å². The second-order valence-electron chi connectivity index (χ2n) is 9.46. The number of rotatable bonds is 8. The van der Waals surface area contributed by atoms with Gasteiger partial charge < -0.3 is 19.7 Å². The molecule has 2 N–H and O–H groups in total. The zero-order chi connectivity index (χ0) is 24.2. The Balaban J connectivity index is 1.74. The Labute approximate surface area is 198 Å². The number of benzene rings is 2. The van der Waals surface area contributed by atoms with Crippen LogP contribution in [-0.2, 0) is 20.5 Å². The zero-order valence-corrected chi connectivity index (χ0v) is 20.5. The Kier molecular flexibility index (Phi) is 7.62. The SMILES string of the molecule is CCC(C)(CC(C)(C)C(=O)Oc1cc([S+]2CCCC2)ccc1O)C(=O)Oc1ccccc1O. The molecule has 1 heterocycles. The highest BCUT2D eigenvalue weighted by molar-refractivity contribution is 7.97. The van der Waals surface area contributed by atoms with Crippen LogP contribution >= 0.6 is 0 Å². The highest BCUT2D eigenvalue weighted by Crippen LogP contribution is 2.41. The maximum absolute atomic E-state index is 13.1. The molecule has 7 heteroatoms. The Morgan fingerprint density at radius 2 is 1.52 bits per heavy atom. The molecule has 1 saturated heterocycles. The van der Waals surface area contributed by atoms with Gasteiger partial charge in [0.2, 0.25) is 0 Å². The van der Waals surface area contributed by atoms with Crippen molar-refractivity contribution in [2.24, 2.45) is 10.8 Å². The number of phenols is 2. The molecule has 1 aliphatic rings. The lowest BCUT2D eigenvalue weighted by Gasteiger charge is -2.33. The van der Waals surface area contributed by atoms with Crippen LogP contribution in [0.2, 0.25) is 0 Å². The molecular weight excluding hydrogens is 440 g/mol. The molecule has 0 aliphatic carbocycles. The Morgan fingerprint density at radius 3 is 2.15 bits per heavy atom. The number of esters is 2. The molecule has 0 amide bonds. The monoisotopic (exact) mass is 473 g/mol. The first-order valence-electron chi connectivity index (χ1n) is 11.3. The third-order valence-corrected chi connectivity index (χ3v) is 8.71. The number of para-hydroxylation sites is 2. The molecule has 0 radical (unpaired) electrons. The van der Waals surface area contributed by atoms with E-state index in [1.54, 1.807) is 45.0 Å². The first-order chi connectivity index (χ1) is 15.6. The number of carbonyl (C=O) groups excluding carboxylic acids is 2. The van der Waals surface area contributed by atoms with Crippen LogP contribution in [0.4, 0.5) is 0 Å². The summed E-state index contributed by atoms with van der Waals surface area (Å²) < 4.78 is 11.1. The topological polar surface area (TPSA) is 93.1 Å². The van der Waals surface area contributed by atoms with Gasteiger partial charge >= 0.3 is 11.9 Å². The second kappa shape index (κ2) is 10.1. The van der Waals surface area contributed by atoms with Crippen LogP contribution in [0.15, 0.2) is 47.4 Å². The summed E-state index contributed by atoms with van der Waals surface area (Å²) in [6.45, 7) is 7.03. The molecule has 0 spiro atoms. The lowest BCUT2D eigenvalue weighted by molar-refractivity contribution is -0.152. The lowest BCUT2D eigenvalue weighted by Crippen LogP contribution is -2.40. The van der Waals surface area contributed by atoms with Crippen molar-refractivity contribution in [1.29, 1.82) is 0 Å². The summed E-state index contributed by atoms with van der Waals surface area (Å²) in [5.74, 6) is 1.22. The molecule has 33 heavy (non-hydrogen) atoms. The van der Waals surface area contributed by atoms with Crippen LogP contribution in [-0.4, -0.2) is 33.7 Å². The molecule has 6 nitrogen and oxygen atoms in total. The van der Waals surface area contributed by atoms with Gasteiger partial charge in [-0.25, -0.2) is 0 Å². The van der Waals surface area contributed by atoms with Gasteiger partial charge in [-0.3, -0.25) is 9.59 Å². The van der Waals surface area contributed by atoms with Crippen LogP contribution < -0.4 is 9.47 Å². The molecule has 0 saturated carbocycles. The zero-order valence-electron chi connectivity index (χ0n) is 19.7. The molecule has 1 fully saturated rings. The van der Waals surface area contributed by atoms with Crippen molar-refractivity contribution in [3.8, 4) is 23.0 Å². The van der Waals surface area contributed by atoms with Gasteiger partial charge in [-0.2, -0.15) is 0 Å². The smallest absolute Gasteiger partial charge is 0.317 e. The minimum absolute atomic E-state index is 0.0806. The average Bonchev–Trinajstić information content (AvgIpc) is 3.31. The van der Waals surface area contributed by atoms with E-state index in [1.807, 2.05) is 13.0 Å². The molecule has 3 rings (SSSR count). The van der Waals surface area contributed by atoms with Crippen LogP contribution in [0.3, 0.4) is 0 Å². The average molecular weight is 474 g/mol. The van der Waals surface area contributed by atoms with E-state index < -0.39 is 22.8 Å². The standard InChI is InChI=1S/C26H32O6S/c1-5-26(4,24(30)31-21-11-7-6-10-19(21)27)17-25(2,3)23(29)32-22-16-18(12-13-20(22)28)33-14-8-9-15-33/h6-7,10-13,16H,5,8-9,14-15,17H2,1-4H3,(H-,27,28)/p+1. The van der Waals surface area contributed by atoms with Gasteiger partial charge in [0.25, 0.3) is 0 Å². The summed E-state index contributed by atoms with van der Waals surface area (Å²) in [5.41, 5.74) is -2.01. The predicted molar refractivity (Wildman–Crippen MR) is 129 cm³/mol. The first kappa shape index (κ1) is 25.0. The highest BCUT2D eigenvalue weighted by Gasteiger charge is 2.43. The lowest BCUT2D eigenvalue weighted by atomic mass is 9.72. The normalized spacial score (nSPS) is 16.2. The molecule has 2 aromatic rings. The molecule has 0 bridgehead atoms. The molecule has 0 aromatic heterocycles. The van der Waals surface area contributed by atoms with Crippen molar-refractivity contribution in [2.75, 3.05) is 11.5 Å². The fourth-order valence-corrected chi connectivity index (χ4v) is 6.35. The third-order valence-electron chi connectivity index (χ3n) is 6.22. The Bertz CT molecular complexity index is 1010. The number of aromatic hydroxyl groups is 2. The second-order valence-corrected chi connectivity index (χ2v) is 11.7. The van der Waals surface area contributed by atoms with Gasteiger partial charge in [0, 0.05) is 17.0 Å². The largest absolute Gasteiger partial charge is 0.504 e. The number of hydrogen-bond donors (Lipinski definition) is 2. The van der Waals surface area contributed by atoms with Gasteiger partial charge in [0.15, 0.2) is 27.9 Å². The number of carbonyl (C=O) groups is 2. The Morgan fingerprint density at radius 1 is 0.909 bits per heavy atom.